The van der Waals surface area contributed by atoms with Gasteiger partial charge in [0.15, 0.2) is 5.82 Å². The van der Waals surface area contributed by atoms with E-state index >= 15 is 0 Å². The van der Waals surface area contributed by atoms with Gasteiger partial charge in [-0.3, -0.25) is 4.90 Å². The molecule has 0 aliphatic carbocycles. The van der Waals surface area contributed by atoms with Crippen LogP contribution in [0.2, 0.25) is 5.02 Å². The molecule has 1 N–H and O–H groups in total. The number of nitrogens with one attached hydrogen (secondary N) is 1. The van der Waals surface area contributed by atoms with Crippen LogP contribution in [0.15, 0.2) is 54.9 Å². The first kappa shape index (κ1) is 27.2. The second-order valence-electron chi connectivity index (χ2n) is 9.06. The van der Waals surface area contributed by atoms with Gasteiger partial charge in [0.2, 0.25) is 0 Å². The second kappa shape index (κ2) is 11.8. The van der Waals surface area contributed by atoms with Crippen LogP contribution in [0.3, 0.4) is 0 Å². The summed E-state index contributed by atoms with van der Waals surface area (Å²) in [7, 11) is 0. The Kier molecular flexibility index (Phi) is 8.21. The Bertz CT molecular complexity index is 1530. The smallest absolute Gasteiger partial charge is 0.390 e. The van der Waals surface area contributed by atoms with Gasteiger partial charge in [0, 0.05) is 12.2 Å². The summed E-state index contributed by atoms with van der Waals surface area (Å²) < 4.78 is 57.9. The summed E-state index contributed by atoms with van der Waals surface area (Å²) in [5, 5.41) is 3.63. The molecule has 11 heteroatoms. The fourth-order valence-electron chi connectivity index (χ4n) is 4.31. The van der Waals surface area contributed by atoms with Crippen molar-refractivity contribution in [2.24, 2.45) is 0 Å². The third-order valence-corrected chi connectivity index (χ3v) is 7.54. The lowest BCUT2D eigenvalue weighted by molar-refractivity contribution is -0.137. The van der Waals surface area contributed by atoms with Crippen LogP contribution < -0.4 is 10.1 Å². The average Bonchev–Trinajstić information content (AvgIpc) is 3.52. The minimum atomic E-state index is -4.17. The summed E-state index contributed by atoms with van der Waals surface area (Å²) in [6.07, 6.45) is -1.97. The summed E-state index contributed by atoms with van der Waals surface area (Å²) in [6.45, 7) is 0.765. The van der Waals surface area contributed by atoms with Crippen LogP contribution in [-0.4, -0.2) is 40.2 Å². The zero-order valence-electron chi connectivity index (χ0n) is 20.6. The topological polar surface area (TPSA) is 50.3 Å². The van der Waals surface area contributed by atoms with E-state index in [1.165, 1.54) is 29.8 Å². The summed E-state index contributed by atoms with van der Waals surface area (Å²) in [4.78, 5) is 11.3. The Morgan fingerprint density at radius 1 is 1.15 bits per heavy atom. The van der Waals surface area contributed by atoms with Crippen molar-refractivity contribution in [3.63, 3.8) is 0 Å². The number of aromatic nitrogens is 2. The molecule has 1 fully saturated rings. The van der Waals surface area contributed by atoms with Gasteiger partial charge in [-0.05, 0) is 61.3 Å². The summed E-state index contributed by atoms with van der Waals surface area (Å²) in [6, 6.07) is 13.1. The molecule has 39 heavy (non-hydrogen) atoms. The van der Waals surface area contributed by atoms with Crippen LogP contribution in [0.5, 0.6) is 5.75 Å². The largest absolute Gasteiger partial charge is 0.487 e. The lowest BCUT2D eigenvalue weighted by Crippen LogP contribution is -2.31. The highest BCUT2D eigenvalue weighted by Crippen LogP contribution is 2.34. The lowest BCUT2D eigenvalue weighted by Gasteiger charge is -2.20. The number of thiophene rings is 1. The molecule has 1 atom stereocenters. The molecule has 0 saturated carbocycles. The molecule has 1 saturated heterocycles. The van der Waals surface area contributed by atoms with Crippen molar-refractivity contribution in [1.29, 1.82) is 0 Å². The van der Waals surface area contributed by atoms with Crippen LogP contribution in [0.1, 0.15) is 29.7 Å². The van der Waals surface area contributed by atoms with E-state index in [1.807, 2.05) is 6.07 Å². The molecule has 2 aromatic heterocycles. The number of nitrogens with zero attached hydrogens (tertiary/aromatic N) is 3. The van der Waals surface area contributed by atoms with Crippen LogP contribution in [-0.2, 0) is 6.61 Å². The molecule has 0 unspecified atom stereocenters. The predicted molar refractivity (Wildman–Crippen MR) is 145 cm³/mol. The maximum absolute atomic E-state index is 13.4. The monoisotopic (exact) mass is 574 g/mol. The van der Waals surface area contributed by atoms with Gasteiger partial charge in [-0.1, -0.05) is 35.6 Å². The van der Waals surface area contributed by atoms with Crippen molar-refractivity contribution >= 4 is 44.7 Å². The van der Waals surface area contributed by atoms with Gasteiger partial charge in [-0.2, -0.15) is 13.2 Å². The first-order chi connectivity index (χ1) is 18.7. The van der Waals surface area contributed by atoms with Gasteiger partial charge in [0.25, 0.3) is 0 Å². The molecule has 5 rings (SSSR count). The van der Waals surface area contributed by atoms with Gasteiger partial charge in [0.1, 0.15) is 24.5 Å². The van der Waals surface area contributed by atoms with E-state index in [4.69, 9.17) is 16.3 Å². The first-order valence-electron chi connectivity index (χ1n) is 12.2. The summed E-state index contributed by atoms with van der Waals surface area (Å²) in [5.74, 6) is 6.99. The maximum atomic E-state index is 13.4. The fourth-order valence-corrected chi connectivity index (χ4v) is 5.46. The third-order valence-electron chi connectivity index (χ3n) is 6.20. The molecule has 0 spiro atoms. The molecule has 0 bridgehead atoms. The van der Waals surface area contributed by atoms with Crippen molar-refractivity contribution in [3.05, 3.63) is 76.1 Å². The number of anilines is 2. The third kappa shape index (κ3) is 7.18. The van der Waals surface area contributed by atoms with Crippen LogP contribution >= 0.6 is 22.9 Å². The Hall–Kier alpha value is -3.39. The van der Waals surface area contributed by atoms with Crippen LogP contribution in [0.25, 0.3) is 10.2 Å². The van der Waals surface area contributed by atoms with E-state index in [2.05, 4.69) is 27.1 Å². The number of benzene rings is 2. The minimum absolute atomic E-state index is 0.0357. The quantitative estimate of drug-likeness (QED) is 0.182. The summed E-state index contributed by atoms with van der Waals surface area (Å²) >= 11 is 7.84. The average molecular weight is 575 g/mol. The molecule has 1 aliphatic heterocycles. The molecule has 5 nitrogen and oxygen atoms in total. The number of halogens is 5. The van der Waals surface area contributed by atoms with E-state index in [1.54, 1.807) is 35.2 Å². The van der Waals surface area contributed by atoms with Gasteiger partial charge in [-0.25, -0.2) is 14.4 Å². The zero-order valence-corrected chi connectivity index (χ0v) is 22.1. The molecule has 0 radical (unpaired) electrons. The van der Waals surface area contributed by atoms with Crippen LogP contribution in [0, 0.1) is 17.7 Å². The molecule has 2 aromatic carbocycles. The normalized spacial score (nSPS) is 15.8. The van der Waals surface area contributed by atoms with Crippen molar-refractivity contribution in [2.45, 2.75) is 38.1 Å². The van der Waals surface area contributed by atoms with E-state index in [-0.39, 0.29) is 25.0 Å². The fraction of sp³-hybridized carbons (Fsp3) is 0.286. The standard InChI is InChI=1S/C28H23ClF4N4OS/c29-23-14-20(6-9-25(23)38-16-18-3-1-4-19(30)13-18)36-27-26-24(34-17-35-27)15-22(39-26)8-7-21-5-2-11-37(21)12-10-28(31,32)33/h1,3-4,6,9,13-15,17,21H,2,5,10-12,16H2,(H,34,35,36)/t21-/m0/s1. The molecular weight excluding hydrogens is 552 g/mol. The Morgan fingerprint density at radius 3 is 2.82 bits per heavy atom. The van der Waals surface area contributed by atoms with Gasteiger partial charge in [0.05, 0.1) is 32.6 Å². The van der Waals surface area contributed by atoms with E-state index < -0.39 is 12.6 Å². The molecule has 4 aromatic rings. The number of likely N-dealkylation sites (tertiary alicyclic amines) is 1. The molecule has 1 aliphatic rings. The second-order valence-corrected chi connectivity index (χ2v) is 10.5. The zero-order chi connectivity index (χ0) is 27.4. The van der Waals surface area contributed by atoms with Crippen molar-refractivity contribution in [2.75, 3.05) is 18.4 Å². The Balaban J connectivity index is 1.27. The SMILES string of the molecule is Fc1cccc(COc2ccc(Nc3ncnc4cc(C#C[C@@H]5CCCN5CCC(F)(F)F)sc34)cc2Cl)c1. The van der Waals surface area contributed by atoms with Gasteiger partial charge < -0.3 is 10.1 Å². The minimum Gasteiger partial charge on any atom is -0.487 e. The molecular formula is C28H23ClF4N4OS. The van der Waals surface area contributed by atoms with E-state index in [9.17, 15) is 17.6 Å². The number of alkyl halides is 3. The van der Waals surface area contributed by atoms with E-state index in [0.29, 0.717) is 39.9 Å². The van der Waals surface area contributed by atoms with Gasteiger partial charge in [-0.15, -0.1) is 11.3 Å². The molecule has 3 heterocycles. The highest BCUT2D eigenvalue weighted by molar-refractivity contribution is 7.20. The van der Waals surface area contributed by atoms with Crippen LogP contribution in [0.4, 0.5) is 29.1 Å². The van der Waals surface area contributed by atoms with E-state index in [0.717, 1.165) is 22.4 Å². The predicted octanol–water partition coefficient (Wildman–Crippen LogP) is 7.57. The van der Waals surface area contributed by atoms with Crippen molar-refractivity contribution in [3.8, 4) is 17.6 Å². The summed E-state index contributed by atoms with van der Waals surface area (Å²) in [5.41, 5.74) is 2.09. The Morgan fingerprint density at radius 2 is 2.03 bits per heavy atom. The number of ether oxygens (including phenoxy) is 1. The highest BCUT2D eigenvalue weighted by atomic mass is 35.5. The number of fused-ring (bicyclic) bond motifs is 1. The van der Waals surface area contributed by atoms with Crippen molar-refractivity contribution in [1.82, 2.24) is 14.9 Å². The molecule has 202 valence electrons. The number of rotatable bonds is 7. The Labute approximate surface area is 231 Å². The van der Waals surface area contributed by atoms with Crippen molar-refractivity contribution < 1.29 is 22.3 Å². The number of hydrogen-bond donors (Lipinski definition) is 1. The lowest BCUT2D eigenvalue weighted by atomic mass is 10.2. The highest BCUT2D eigenvalue weighted by Gasteiger charge is 2.31. The number of hydrogen-bond acceptors (Lipinski definition) is 6. The maximum Gasteiger partial charge on any atom is 0.390 e. The van der Waals surface area contributed by atoms with Gasteiger partial charge >= 0.3 is 6.18 Å². The first-order valence-corrected chi connectivity index (χ1v) is 13.4. The molecule has 0 amide bonds.